The van der Waals surface area contributed by atoms with Crippen molar-refractivity contribution in [1.82, 2.24) is 0 Å². The van der Waals surface area contributed by atoms with Gasteiger partial charge in [-0.1, -0.05) is 20.3 Å². The molecule has 2 saturated carbocycles. The van der Waals surface area contributed by atoms with Crippen molar-refractivity contribution in [3.63, 3.8) is 0 Å². The SMILES string of the molecule is CC1CCCC2(C)CC12O[Si](C)(C)C. The zero-order valence-electron chi connectivity index (χ0n) is 10.3. The first kappa shape index (κ1) is 10.7. The van der Waals surface area contributed by atoms with E-state index in [1.807, 2.05) is 0 Å². The molecule has 14 heavy (non-hydrogen) atoms. The highest BCUT2D eigenvalue weighted by Crippen LogP contribution is 2.69. The highest BCUT2D eigenvalue weighted by Gasteiger charge is 2.69. The quantitative estimate of drug-likeness (QED) is 0.633. The highest BCUT2D eigenvalue weighted by atomic mass is 28.4. The van der Waals surface area contributed by atoms with E-state index in [0.717, 1.165) is 5.92 Å². The van der Waals surface area contributed by atoms with E-state index in [4.69, 9.17) is 4.43 Å². The molecule has 0 aromatic heterocycles. The summed E-state index contributed by atoms with van der Waals surface area (Å²) in [6.07, 6.45) is 5.50. The Morgan fingerprint density at radius 2 is 1.93 bits per heavy atom. The van der Waals surface area contributed by atoms with Gasteiger partial charge in [-0.2, -0.15) is 0 Å². The molecule has 0 radical (unpaired) electrons. The predicted octanol–water partition coefficient (Wildman–Crippen LogP) is 3.81. The molecule has 0 aromatic rings. The van der Waals surface area contributed by atoms with Crippen molar-refractivity contribution >= 4 is 8.32 Å². The molecule has 3 unspecified atom stereocenters. The van der Waals surface area contributed by atoms with Crippen molar-refractivity contribution in [3.05, 3.63) is 0 Å². The molecule has 2 fully saturated rings. The van der Waals surface area contributed by atoms with Gasteiger partial charge in [0.15, 0.2) is 8.32 Å². The van der Waals surface area contributed by atoms with E-state index in [9.17, 15) is 0 Å². The summed E-state index contributed by atoms with van der Waals surface area (Å²) in [7, 11) is -1.36. The molecule has 0 aliphatic heterocycles. The Labute approximate surface area is 89.4 Å². The fraction of sp³-hybridized carbons (Fsp3) is 1.00. The molecule has 2 aliphatic carbocycles. The van der Waals surface area contributed by atoms with E-state index >= 15 is 0 Å². The lowest BCUT2D eigenvalue weighted by atomic mass is 9.81. The van der Waals surface area contributed by atoms with Crippen molar-refractivity contribution in [2.45, 2.75) is 64.8 Å². The van der Waals surface area contributed by atoms with E-state index in [0.29, 0.717) is 5.41 Å². The van der Waals surface area contributed by atoms with Crippen molar-refractivity contribution in [3.8, 4) is 0 Å². The second-order valence-corrected chi connectivity index (χ2v) is 11.1. The van der Waals surface area contributed by atoms with Crippen LogP contribution < -0.4 is 0 Å². The van der Waals surface area contributed by atoms with Crippen molar-refractivity contribution in [1.29, 1.82) is 0 Å². The summed E-state index contributed by atoms with van der Waals surface area (Å²) in [5, 5.41) is 0. The molecule has 0 heterocycles. The molecule has 0 aromatic carbocycles. The van der Waals surface area contributed by atoms with Crippen LogP contribution in [0.2, 0.25) is 19.6 Å². The summed E-state index contributed by atoms with van der Waals surface area (Å²) in [5.41, 5.74) is 0.820. The third-order valence-electron chi connectivity index (χ3n) is 4.20. The third kappa shape index (κ3) is 1.47. The molecule has 0 spiro atoms. The fourth-order valence-corrected chi connectivity index (χ4v) is 5.05. The molecule has 3 atom stereocenters. The van der Waals surface area contributed by atoms with E-state index in [2.05, 4.69) is 33.5 Å². The normalized spacial score (nSPS) is 47.4. The Bertz CT molecular complexity index is 245. The van der Waals surface area contributed by atoms with Crippen LogP contribution >= 0.6 is 0 Å². The minimum atomic E-state index is -1.36. The average molecular weight is 212 g/mol. The molecule has 2 rings (SSSR count). The monoisotopic (exact) mass is 212 g/mol. The Kier molecular flexibility index (Phi) is 2.18. The maximum atomic E-state index is 6.49. The van der Waals surface area contributed by atoms with Crippen LogP contribution in [0.4, 0.5) is 0 Å². The first-order chi connectivity index (χ1) is 6.29. The van der Waals surface area contributed by atoms with Crippen molar-refractivity contribution < 1.29 is 4.43 Å². The molecule has 0 saturated heterocycles. The molecule has 2 aliphatic rings. The van der Waals surface area contributed by atoms with Gasteiger partial charge in [0.05, 0.1) is 5.60 Å². The van der Waals surface area contributed by atoms with Crippen molar-refractivity contribution in [2.24, 2.45) is 11.3 Å². The molecule has 82 valence electrons. The van der Waals surface area contributed by atoms with Gasteiger partial charge in [0.2, 0.25) is 0 Å². The molecule has 0 amide bonds. The third-order valence-corrected chi connectivity index (χ3v) is 5.18. The summed E-state index contributed by atoms with van der Waals surface area (Å²) >= 11 is 0. The zero-order valence-corrected chi connectivity index (χ0v) is 11.3. The van der Waals surface area contributed by atoms with Crippen molar-refractivity contribution in [2.75, 3.05) is 0 Å². The summed E-state index contributed by atoms with van der Waals surface area (Å²) in [5.74, 6) is 0.785. The van der Waals surface area contributed by atoms with Crippen LogP contribution in [0.1, 0.15) is 39.5 Å². The number of rotatable bonds is 2. The van der Waals surface area contributed by atoms with Crippen LogP contribution in [0, 0.1) is 11.3 Å². The van der Waals surface area contributed by atoms with Crippen LogP contribution in [0.25, 0.3) is 0 Å². The average Bonchev–Trinajstić information content (AvgIpc) is 2.54. The molecule has 0 bridgehead atoms. The van der Waals surface area contributed by atoms with Crippen LogP contribution in [-0.2, 0) is 4.43 Å². The van der Waals surface area contributed by atoms with E-state index in [1.54, 1.807) is 0 Å². The summed E-state index contributed by atoms with van der Waals surface area (Å²) in [6, 6.07) is 0. The van der Waals surface area contributed by atoms with Crippen LogP contribution in [-0.4, -0.2) is 13.9 Å². The van der Waals surface area contributed by atoms with Gasteiger partial charge >= 0.3 is 0 Å². The van der Waals surface area contributed by atoms with Gasteiger partial charge in [-0.3, -0.25) is 0 Å². The van der Waals surface area contributed by atoms with Gasteiger partial charge in [0.25, 0.3) is 0 Å². The van der Waals surface area contributed by atoms with Gasteiger partial charge in [-0.05, 0) is 50.2 Å². The first-order valence-electron chi connectivity index (χ1n) is 5.99. The Morgan fingerprint density at radius 1 is 1.29 bits per heavy atom. The largest absolute Gasteiger partial charge is 0.411 e. The van der Waals surface area contributed by atoms with Crippen LogP contribution in [0.3, 0.4) is 0 Å². The number of fused-ring (bicyclic) bond motifs is 1. The molecular formula is C12H24OSi. The highest BCUT2D eigenvalue weighted by molar-refractivity contribution is 6.69. The second-order valence-electron chi connectivity index (χ2n) is 6.63. The van der Waals surface area contributed by atoms with Gasteiger partial charge in [0.1, 0.15) is 0 Å². The summed E-state index contributed by atoms with van der Waals surface area (Å²) in [4.78, 5) is 0. The standard InChI is InChI=1S/C12H24OSi/c1-10-7-6-8-11(2)9-12(10,11)13-14(3,4)5/h10H,6-9H2,1-5H3. The van der Waals surface area contributed by atoms with Gasteiger partial charge in [0, 0.05) is 0 Å². The zero-order chi connectivity index (χ0) is 10.6. The van der Waals surface area contributed by atoms with E-state index in [1.165, 1.54) is 25.7 Å². The Balaban J connectivity index is 2.15. The summed E-state index contributed by atoms with van der Waals surface area (Å²) < 4.78 is 6.49. The minimum absolute atomic E-state index is 0.287. The molecule has 1 nitrogen and oxygen atoms in total. The summed E-state index contributed by atoms with van der Waals surface area (Å²) in [6.45, 7) is 11.8. The topological polar surface area (TPSA) is 9.23 Å². The van der Waals surface area contributed by atoms with Gasteiger partial charge < -0.3 is 4.43 Å². The van der Waals surface area contributed by atoms with E-state index in [-0.39, 0.29) is 5.60 Å². The minimum Gasteiger partial charge on any atom is -0.411 e. The second kappa shape index (κ2) is 2.85. The maximum absolute atomic E-state index is 6.49. The number of hydrogen-bond donors (Lipinski definition) is 0. The van der Waals surface area contributed by atoms with Gasteiger partial charge in [-0.15, -0.1) is 0 Å². The first-order valence-corrected chi connectivity index (χ1v) is 9.40. The number of hydrogen-bond acceptors (Lipinski definition) is 1. The lowest BCUT2D eigenvalue weighted by Crippen LogP contribution is -2.42. The van der Waals surface area contributed by atoms with Crippen LogP contribution in [0.5, 0.6) is 0 Å². The predicted molar refractivity (Wildman–Crippen MR) is 62.9 cm³/mol. The molecular weight excluding hydrogens is 188 g/mol. The molecule has 0 N–H and O–H groups in total. The fourth-order valence-electron chi connectivity index (χ4n) is 3.44. The lowest BCUT2D eigenvalue weighted by molar-refractivity contribution is 0.0389. The maximum Gasteiger partial charge on any atom is 0.184 e. The van der Waals surface area contributed by atoms with E-state index < -0.39 is 8.32 Å². The lowest BCUT2D eigenvalue weighted by Gasteiger charge is -2.38. The van der Waals surface area contributed by atoms with Crippen LogP contribution in [0.15, 0.2) is 0 Å². The van der Waals surface area contributed by atoms with Gasteiger partial charge in [-0.25, -0.2) is 0 Å². The Morgan fingerprint density at radius 3 is 2.43 bits per heavy atom. The molecule has 2 heteroatoms. The smallest absolute Gasteiger partial charge is 0.184 e. The Hall–Kier alpha value is 0.177.